The molecular weight excluding hydrogens is 273 g/mol. The Morgan fingerprint density at radius 2 is 2.15 bits per heavy atom. The Morgan fingerprint density at radius 3 is 2.77 bits per heavy atom. The van der Waals surface area contributed by atoms with Crippen molar-refractivity contribution in [2.24, 2.45) is 0 Å². The lowest BCUT2D eigenvalue weighted by Crippen LogP contribution is -2.19. The van der Waals surface area contributed by atoms with Crippen LogP contribution in [0, 0.1) is 0 Å². The van der Waals surface area contributed by atoms with E-state index in [4.69, 9.17) is 23.2 Å². The van der Waals surface area contributed by atoms with Gasteiger partial charge in [0.25, 0.3) is 0 Å². The molecule has 0 fully saturated rings. The summed E-state index contributed by atoms with van der Waals surface area (Å²) in [6.07, 6.45) is 0. The summed E-state index contributed by atoms with van der Waals surface area (Å²) < 4.78 is 0. The van der Waals surface area contributed by atoms with E-state index in [1.165, 1.54) is 0 Å². The van der Waals surface area contributed by atoms with Crippen molar-refractivity contribution in [1.82, 2.24) is 5.32 Å². The highest BCUT2D eigenvalue weighted by molar-refractivity contribution is 9.09. The van der Waals surface area contributed by atoms with Crippen LogP contribution in [0.1, 0.15) is 12.5 Å². The summed E-state index contributed by atoms with van der Waals surface area (Å²) >= 11 is 15.2. The summed E-state index contributed by atoms with van der Waals surface area (Å²) in [6, 6.07) is 5.63. The topological polar surface area (TPSA) is 12.0 Å². The van der Waals surface area contributed by atoms with E-state index in [1.807, 2.05) is 19.1 Å². The molecule has 0 amide bonds. The molecule has 0 saturated heterocycles. The van der Waals surface area contributed by atoms with E-state index in [0.29, 0.717) is 16.6 Å². The quantitative estimate of drug-likeness (QED) is 0.656. The van der Waals surface area contributed by atoms with Gasteiger partial charge in [0.15, 0.2) is 0 Å². The lowest BCUT2D eigenvalue weighted by Gasteiger charge is -2.08. The molecule has 1 unspecified atom stereocenters. The minimum Gasteiger partial charge on any atom is -0.301 e. The van der Waals surface area contributed by atoms with Gasteiger partial charge in [0, 0.05) is 6.54 Å². The maximum atomic E-state index is 5.99. The van der Waals surface area contributed by atoms with Gasteiger partial charge in [0.1, 0.15) is 0 Å². The second kappa shape index (κ2) is 5.20. The van der Waals surface area contributed by atoms with E-state index in [1.54, 1.807) is 6.07 Å². The number of nitrogens with one attached hydrogen (secondary N) is 1. The average molecular weight is 283 g/mol. The predicted octanol–water partition coefficient (Wildman–Crippen LogP) is 3.82. The maximum absolute atomic E-state index is 5.99. The van der Waals surface area contributed by atoms with Crippen LogP contribution in [0.4, 0.5) is 0 Å². The van der Waals surface area contributed by atoms with Crippen molar-refractivity contribution in [3.63, 3.8) is 0 Å². The standard InChI is InChI=1S/C9H10BrCl2N/c1-6(10)13-5-7-3-2-4-8(11)9(7)12/h2-4,6,13H,5H2,1H3. The zero-order valence-electron chi connectivity index (χ0n) is 7.15. The molecule has 0 bridgehead atoms. The van der Waals surface area contributed by atoms with Gasteiger partial charge in [-0.1, -0.05) is 51.3 Å². The van der Waals surface area contributed by atoms with Crippen LogP contribution < -0.4 is 5.32 Å². The molecule has 0 aliphatic heterocycles. The SMILES string of the molecule is CC(Br)NCc1cccc(Cl)c1Cl. The molecule has 0 radical (unpaired) electrons. The third-order valence-corrected chi connectivity index (χ3v) is 2.79. The van der Waals surface area contributed by atoms with Crippen molar-refractivity contribution in [2.45, 2.75) is 18.4 Å². The first-order valence-electron chi connectivity index (χ1n) is 3.91. The van der Waals surface area contributed by atoms with Crippen LogP contribution >= 0.6 is 39.1 Å². The highest BCUT2D eigenvalue weighted by Crippen LogP contribution is 2.25. The van der Waals surface area contributed by atoms with Crippen molar-refractivity contribution in [1.29, 1.82) is 0 Å². The van der Waals surface area contributed by atoms with E-state index in [-0.39, 0.29) is 4.95 Å². The molecule has 1 aromatic rings. The van der Waals surface area contributed by atoms with Gasteiger partial charge in [0.05, 0.1) is 15.0 Å². The molecule has 0 aromatic heterocycles. The molecule has 13 heavy (non-hydrogen) atoms. The van der Waals surface area contributed by atoms with Gasteiger partial charge < -0.3 is 5.32 Å². The molecule has 1 aromatic carbocycles. The molecule has 0 heterocycles. The number of rotatable bonds is 3. The van der Waals surface area contributed by atoms with E-state index < -0.39 is 0 Å². The summed E-state index contributed by atoms with van der Waals surface area (Å²) in [5, 5.41) is 4.43. The lowest BCUT2D eigenvalue weighted by atomic mass is 10.2. The zero-order chi connectivity index (χ0) is 9.84. The Kier molecular flexibility index (Phi) is 4.53. The Morgan fingerprint density at radius 1 is 1.46 bits per heavy atom. The summed E-state index contributed by atoms with van der Waals surface area (Å²) in [6.45, 7) is 2.73. The lowest BCUT2D eigenvalue weighted by molar-refractivity contribution is 0.697. The molecule has 1 nitrogen and oxygen atoms in total. The highest BCUT2D eigenvalue weighted by Gasteiger charge is 2.04. The zero-order valence-corrected chi connectivity index (χ0v) is 10.2. The summed E-state index contributed by atoms with van der Waals surface area (Å²) in [5.74, 6) is 0. The Balaban J connectivity index is 2.71. The van der Waals surface area contributed by atoms with Crippen molar-refractivity contribution in [3.8, 4) is 0 Å². The van der Waals surface area contributed by atoms with E-state index >= 15 is 0 Å². The number of benzene rings is 1. The molecule has 1 rings (SSSR count). The third kappa shape index (κ3) is 3.47. The van der Waals surface area contributed by atoms with Gasteiger partial charge in [-0.3, -0.25) is 0 Å². The minimum absolute atomic E-state index is 0.266. The summed E-state index contributed by atoms with van der Waals surface area (Å²) in [4.78, 5) is 0.266. The molecule has 0 saturated carbocycles. The van der Waals surface area contributed by atoms with Crippen LogP contribution in [0.2, 0.25) is 10.0 Å². The monoisotopic (exact) mass is 281 g/mol. The largest absolute Gasteiger partial charge is 0.301 e. The van der Waals surface area contributed by atoms with Crippen LogP contribution in [0.5, 0.6) is 0 Å². The van der Waals surface area contributed by atoms with Crippen molar-refractivity contribution < 1.29 is 0 Å². The van der Waals surface area contributed by atoms with E-state index in [0.717, 1.165) is 5.56 Å². The third-order valence-electron chi connectivity index (χ3n) is 1.61. The van der Waals surface area contributed by atoms with Crippen LogP contribution in [-0.4, -0.2) is 4.95 Å². The van der Waals surface area contributed by atoms with Crippen LogP contribution in [0.3, 0.4) is 0 Å². The number of hydrogen-bond acceptors (Lipinski definition) is 1. The Labute approximate surface area is 96.6 Å². The van der Waals surface area contributed by atoms with Gasteiger partial charge in [0.2, 0.25) is 0 Å². The van der Waals surface area contributed by atoms with Crippen LogP contribution in [-0.2, 0) is 6.54 Å². The molecule has 4 heteroatoms. The van der Waals surface area contributed by atoms with Gasteiger partial charge in [-0.2, -0.15) is 0 Å². The van der Waals surface area contributed by atoms with Gasteiger partial charge in [-0.15, -0.1) is 0 Å². The molecule has 72 valence electrons. The second-order valence-corrected chi connectivity index (χ2v) is 4.87. The fraction of sp³-hybridized carbons (Fsp3) is 0.333. The first-order chi connectivity index (χ1) is 6.11. The van der Waals surface area contributed by atoms with E-state index in [9.17, 15) is 0 Å². The number of hydrogen-bond donors (Lipinski definition) is 1. The first-order valence-corrected chi connectivity index (χ1v) is 5.58. The fourth-order valence-corrected chi connectivity index (χ4v) is 1.48. The summed E-state index contributed by atoms with van der Waals surface area (Å²) in [7, 11) is 0. The molecule has 0 aliphatic carbocycles. The molecule has 1 atom stereocenters. The number of alkyl halides is 1. The number of halogens is 3. The second-order valence-electron chi connectivity index (χ2n) is 2.71. The molecule has 0 spiro atoms. The van der Waals surface area contributed by atoms with Crippen molar-refractivity contribution in [2.75, 3.05) is 0 Å². The Bertz CT molecular complexity index is 289. The van der Waals surface area contributed by atoms with Gasteiger partial charge in [-0.05, 0) is 18.6 Å². The smallest absolute Gasteiger partial charge is 0.0637 e. The normalized spacial score (nSPS) is 12.9. The maximum Gasteiger partial charge on any atom is 0.0637 e. The van der Waals surface area contributed by atoms with Crippen molar-refractivity contribution in [3.05, 3.63) is 33.8 Å². The average Bonchev–Trinajstić information content (AvgIpc) is 2.07. The molecule has 0 aliphatic rings. The van der Waals surface area contributed by atoms with Crippen LogP contribution in [0.25, 0.3) is 0 Å². The Hall–Kier alpha value is 0.240. The molecular formula is C9H10BrCl2N. The highest BCUT2D eigenvalue weighted by atomic mass is 79.9. The fourth-order valence-electron chi connectivity index (χ4n) is 0.936. The molecule has 1 N–H and O–H groups in total. The van der Waals surface area contributed by atoms with Gasteiger partial charge in [-0.25, -0.2) is 0 Å². The van der Waals surface area contributed by atoms with E-state index in [2.05, 4.69) is 21.2 Å². The summed E-state index contributed by atoms with van der Waals surface area (Å²) in [5.41, 5.74) is 1.01. The van der Waals surface area contributed by atoms with Gasteiger partial charge >= 0.3 is 0 Å². The van der Waals surface area contributed by atoms with Crippen molar-refractivity contribution >= 4 is 39.1 Å². The van der Waals surface area contributed by atoms with Crippen LogP contribution in [0.15, 0.2) is 18.2 Å². The minimum atomic E-state index is 0.266. The first kappa shape index (κ1) is 11.3. The predicted molar refractivity (Wildman–Crippen MR) is 61.7 cm³/mol.